The molecule has 1 aliphatic rings. The van der Waals surface area contributed by atoms with E-state index in [0.717, 1.165) is 25.9 Å². The highest BCUT2D eigenvalue weighted by Gasteiger charge is 2.45. The summed E-state index contributed by atoms with van der Waals surface area (Å²) in [5.74, 6) is 0.130. The molecule has 0 saturated carbocycles. The summed E-state index contributed by atoms with van der Waals surface area (Å²) < 4.78 is 5.88. The van der Waals surface area contributed by atoms with E-state index in [9.17, 15) is 5.11 Å². The van der Waals surface area contributed by atoms with Gasteiger partial charge in [0, 0.05) is 19.1 Å². The highest BCUT2D eigenvalue weighted by Crippen LogP contribution is 2.46. The van der Waals surface area contributed by atoms with Crippen molar-refractivity contribution >= 4 is 0 Å². The van der Waals surface area contributed by atoms with Gasteiger partial charge in [0.05, 0.1) is 5.60 Å². The minimum absolute atomic E-state index is 0.0343. The SMILES string of the molecule is CC1(C)C[C@@](Cc2ccccc2)([C@@H](CN)CO)CCO1. The Hall–Kier alpha value is -0.900. The molecule has 1 aromatic rings. The van der Waals surface area contributed by atoms with E-state index in [2.05, 4.69) is 38.1 Å². The van der Waals surface area contributed by atoms with E-state index in [1.807, 2.05) is 6.07 Å². The molecule has 0 aromatic heterocycles. The monoisotopic (exact) mass is 277 g/mol. The Balaban J connectivity index is 2.28. The fourth-order valence-corrected chi connectivity index (χ4v) is 3.68. The number of nitrogens with two attached hydrogens (primary N) is 1. The van der Waals surface area contributed by atoms with Crippen LogP contribution in [0.3, 0.4) is 0 Å². The van der Waals surface area contributed by atoms with E-state index in [1.54, 1.807) is 0 Å². The predicted molar refractivity (Wildman–Crippen MR) is 81.5 cm³/mol. The molecule has 0 radical (unpaired) electrons. The number of hydrogen-bond acceptors (Lipinski definition) is 3. The summed E-state index contributed by atoms with van der Waals surface area (Å²) in [7, 11) is 0. The second-order valence-electron chi connectivity index (χ2n) is 6.67. The number of aliphatic hydroxyl groups is 1. The predicted octanol–water partition coefficient (Wildman–Crippen LogP) is 2.37. The van der Waals surface area contributed by atoms with Gasteiger partial charge in [-0.3, -0.25) is 0 Å². The van der Waals surface area contributed by atoms with Gasteiger partial charge >= 0.3 is 0 Å². The molecule has 1 fully saturated rings. The lowest BCUT2D eigenvalue weighted by Crippen LogP contribution is -2.49. The number of ether oxygens (including phenoxy) is 1. The van der Waals surface area contributed by atoms with Gasteiger partial charge in [0.1, 0.15) is 0 Å². The molecule has 0 spiro atoms. The van der Waals surface area contributed by atoms with Gasteiger partial charge in [0.2, 0.25) is 0 Å². The first-order chi connectivity index (χ1) is 9.51. The van der Waals surface area contributed by atoms with Crippen LogP contribution in [0.4, 0.5) is 0 Å². The van der Waals surface area contributed by atoms with Crippen molar-refractivity contribution in [2.45, 2.75) is 38.7 Å². The van der Waals surface area contributed by atoms with Gasteiger partial charge in [-0.25, -0.2) is 0 Å². The smallest absolute Gasteiger partial charge is 0.0632 e. The number of benzene rings is 1. The zero-order valence-corrected chi connectivity index (χ0v) is 12.6. The maximum Gasteiger partial charge on any atom is 0.0632 e. The minimum Gasteiger partial charge on any atom is -0.396 e. The third-order valence-electron chi connectivity index (χ3n) is 4.64. The number of aliphatic hydroxyl groups excluding tert-OH is 1. The van der Waals surface area contributed by atoms with Crippen LogP contribution < -0.4 is 5.73 Å². The lowest BCUT2D eigenvalue weighted by atomic mass is 9.63. The molecule has 1 aliphatic heterocycles. The van der Waals surface area contributed by atoms with Crippen LogP contribution in [0.1, 0.15) is 32.3 Å². The zero-order chi connectivity index (χ0) is 14.6. The van der Waals surface area contributed by atoms with E-state index in [-0.39, 0.29) is 23.5 Å². The van der Waals surface area contributed by atoms with Crippen molar-refractivity contribution in [2.24, 2.45) is 17.1 Å². The van der Waals surface area contributed by atoms with Crippen LogP contribution in [0.25, 0.3) is 0 Å². The Bertz CT molecular complexity index is 414. The van der Waals surface area contributed by atoms with E-state index < -0.39 is 0 Å². The molecule has 1 saturated heterocycles. The van der Waals surface area contributed by atoms with E-state index in [4.69, 9.17) is 10.5 Å². The summed E-state index contributed by atoms with van der Waals surface area (Å²) in [5.41, 5.74) is 7.15. The Morgan fingerprint density at radius 3 is 2.55 bits per heavy atom. The summed E-state index contributed by atoms with van der Waals surface area (Å²) in [6.07, 6.45) is 2.87. The van der Waals surface area contributed by atoms with Gasteiger partial charge in [-0.2, -0.15) is 0 Å². The van der Waals surface area contributed by atoms with Crippen LogP contribution in [-0.2, 0) is 11.2 Å². The average molecular weight is 277 g/mol. The van der Waals surface area contributed by atoms with Gasteiger partial charge in [-0.15, -0.1) is 0 Å². The first kappa shape index (κ1) is 15.5. The molecule has 1 heterocycles. The Morgan fingerprint density at radius 1 is 1.30 bits per heavy atom. The van der Waals surface area contributed by atoms with Gasteiger partial charge < -0.3 is 15.6 Å². The van der Waals surface area contributed by atoms with Crippen molar-refractivity contribution < 1.29 is 9.84 Å². The van der Waals surface area contributed by atoms with Crippen molar-refractivity contribution in [3.05, 3.63) is 35.9 Å². The van der Waals surface area contributed by atoms with Crippen molar-refractivity contribution in [2.75, 3.05) is 19.8 Å². The summed E-state index contributed by atoms with van der Waals surface area (Å²) >= 11 is 0. The maximum atomic E-state index is 9.77. The van der Waals surface area contributed by atoms with Crippen LogP contribution in [0, 0.1) is 11.3 Å². The van der Waals surface area contributed by atoms with Gasteiger partial charge in [-0.05, 0) is 50.6 Å². The van der Waals surface area contributed by atoms with Crippen LogP contribution in [-0.4, -0.2) is 30.5 Å². The van der Waals surface area contributed by atoms with Crippen molar-refractivity contribution in [3.63, 3.8) is 0 Å². The minimum atomic E-state index is -0.143. The van der Waals surface area contributed by atoms with Gasteiger partial charge in [-0.1, -0.05) is 30.3 Å². The summed E-state index contributed by atoms with van der Waals surface area (Å²) in [6, 6.07) is 10.5. The first-order valence-electron chi connectivity index (χ1n) is 7.50. The van der Waals surface area contributed by atoms with E-state index in [0.29, 0.717) is 6.54 Å². The van der Waals surface area contributed by atoms with Crippen LogP contribution in [0.5, 0.6) is 0 Å². The Kier molecular flexibility index (Phi) is 4.84. The normalized spacial score (nSPS) is 27.2. The van der Waals surface area contributed by atoms with E-state index >= 15 is 0 Å². The van der Waals surface area contributed by atoms with Gasteiger partial charge in [0.25, 0.3) is 0 Å². The second-order valence-corrected chi connectivity index (χ2v) is 6.67. The lowest BCUT2D eigenvalue weighted by molar-refractivity contribution is -0.126. The summed E-state index contributed by atoms with van der Waals surface area (Å²) in [6.45, 7) is 5.70. The van der Waals surface area contributed by atoms with E-state index in [1.165, 1.54) is 5.56 Å². The molecule has 0 aliphatic carbocycles. The zero-order valence-electron chi connectivity index (χ0n) is 12.6. The highest BCUT2D eigenvalue weighted by molar-refractivity contribution is 5.18. The lowest BCUT2D eigenvalue weighted by Gasteiger charge is -2.49. The number of hydrogen-bond donors (Lipinski definition) is 2. The van der Waals surface area contributed by atoms with Gasteiger partial charge in [0.15, 0.2) is 0 Å². The Labute approximate surface area is 122 Å². The molecule has 112 valence electrons. The number of rotatable bonds is 5. The fraction of sp³-hybridized carbons (Fsp3) is 0.647. The van der Waals surface area contributed by atoms with Crippen LogP contribution in [0.15, 0.2) is 30.3 Å². The molecular formula is C17H27NO2. The van der Waals surface area contributed by atoms with Crippen molar-refractivity contribution in [1.29, 1.82) is 0 Å². The molecule has 0 unspecified atom stereocenters. The first-order valence-corrected chi connectivity index (χ1v) is 7.50. The maximum absolute atomic E-state index is 9.77. The third-order valence-corrected chi connectivity index (χ3v) is 4.64. The topological polar surface area (TPSA) is 55.5 Å². The molecule has 3 N–H and O–H groups in total. The molecule has 20 heavy (non-hydrogen) atoms. The van der Waals surface area contributed by atoms with Crippen molar-refractivity contribution in [1.82, 2.24) is 0 Å². The molecule has 2 rings (SSSR count). The molecule has 0 amide bonds. The largest absolute Gasteiger partial charge is 0.396 e. The Morgan fingerprint density at radius 2 is 2.00 bits per heavy atom. The van der Waals surface area contributed by atoms with Crippen molar-refractivity contribution in [3.8, 4) is 0 Å². The molecule has 3 nitrogen and oxygen atoms in total. The molecular weight excluding hydrogens is 250 g/mol. The molecule has 3 heteroatoms. The third kappa shape index (κ3) is 3.40. The molecule has 1 aromatic carbocycles. The summed E-state index contributed by atoms with van der Waals surface area (Å²) in [4.78, 5) is 0. The second kappa shape index (κ2) is 6.25. The fourth-order valence-electron chi connectivity index (χ4n) is 3.68. The van der Waals surface area contributed by atoms with Crippen LogP contribution >= 0.6 is 0 Å². The summed E-state index contributed by atoms with van der Waals surface area (Å²) in [5, 5.41) is 9.77. The van der Waals surface area contributed by atoms with Crippen LogP contribution in [0.2, 0.25) is 0 Å². The molecule has 0 bridgehead atoms. The molecule has 2 atom stereocenters. The highest BCUT2D eigenvalue weighted by atomic mass is 16.5. The standard InChI is InChI=1S/C17H27NO2/c1-16(2)13-17(8-9-20-16,15(11-18)12-19)10-14-6-4-3-5-7-14/h3-7,15,19H,8-13,18H2,1-2H3/t15-,17+/m0/s1. The average Bonchev–Trinajstić information content (AvgIpc) is 2.40. The quantitative estimate of drug-likeness (QED) is 0.869.